The van der Waals surface area contributed by atoms with Gasteiger partial charge in [0.15, 0.2) is 0 Å². The Balaban J connectivity index is 1.72. The molecule has 0 amide bonds. The van der Waals surface area contributed by atoms with Crippen molar-refractivity contribution in [2.45, 2.75) is 30.4 Å². The number of hydrogen-bond donors (Lipinski definition) is 1. The Labute approximate surface area is 145 Å². The van der Waals surface area contributed by atoms with E-state index in [0.717, 1.165) is 19.4 Å². The van der Waals surface area contributed by atoms with Crippen LogP contribution in [0.2, 0.25) is 5.02 Å². The Morgan fingerprint density at radius 1 is 1.50 bits per heavy atom. The lowest BCUT2D eigenvalue weighted by atomic mass is 10.2. The van der Waals surface area contributed by atoms with Crippen molar-refractivity contribution in [1.29, 1.82) is 0 Å². The SMILES string of the molecule is COc1ccc(S(=O)(=O)Nc2cnn(CC3CCCO3)c2)cc1Cl. The fourth-order valence-corrected chi connectivity index (χ4v) is 3.92. The molecular weight excluding hydrogens is 354 g/mol. The predicted molar refractivity (Wildman–Crippen MR) is 90.0 cm³/mol. The van der Waals surface area contributed by atoms with E-state index in [1.807, 2.05) is 0 Å². The van der Waals surface area contributed by atoms with E-state index in [9.17, 15) is 8.42 Å². The molecule has 1 aromatic carbocycles. The summed E-state index contributed by atoms with van der Waals surface area (Å²) in [5.41, 5.74) is 0.389. The molecule has 3 rings (SSSR count). The summed E-state index contributed by atoms with van der Waals surface area (Å²) in [5, 5.41) is 4.40. The molecule has 9 heteroatoms. The molecule has 0 radical (unpaired) electrons. The third-order valence-electron chi connectivity index (χ3n) is 3.73. The molecule has 1 aliphatic heterocycles. The zero-order valence-corrected chi connectivity index (χ0v) is 14.7. The van der Waals surface area contributed by atoms with E-state index in [2.05, 4.69) is 9.82 Å². The highest BCUT2D eigenvalue weighted by Crippen LogP contribution is 2.27. The third kappa shape index (κ3) is 3.82. The Morgan fingerprint density at radius 3 is 3.00 bits per heavy atom. The number of methoxy groups -OCH3 is 1. The second kappa shape index (κ2) is 7.00. The maximum absolute atomic E-state index is 12.4. The number of anilines is 1. The summed E-state index contributed by atoms with van der Waals surface area (Å²) in [5.74, 6) is 0.417. The zero-order chi connectivity index (χ0) is 17.2. The van der Waals surface area contributed by atoms with Crippen LogP contribution in [-0.4, -0.2) is 38.0 Å². The van der Waals surface area contributed by atoms with Crippen LogP contribution in [0.15, 0.2) is 35.5 Å². The second-order valence-corrected chi connectivity index (χ2v) is 7.58. The Bertz CT molecular complexity index is 816. The topological polar surface area (TPSA) is 82.5 Å². The quantitative estimate of drug-likeness (QED) is 0.843. The molecular formula is C15H18ClN3O4S. The van der Waals surface area contributed by atoms with Crippen LogP contribution in [-0.2, 0) is 21.3 Å². The number of ether oxygens (including phenoxy) is 2. The molecule has 0 bridgehead atoms. The van der Waals surface area contributed by atoms with Crippen LogP contribution in [0.3, 0.4) is 0 Å². The van der Waals surface area contributed by atoms with Gasteiger partial charge in [0.1, 0.15) is 5.75 Å². The molecule has 1 aliphatic rings. The summed E-state index contributed by atoms with van der Waals surface area (Å²) in [7, 11) is -2.28. The molecule has 2 aromatic rings. The first kappa shape index (κ1) is 17.1. The second-order valence-electron chi connectivity index (χ2n) is 5.49. The van der Waals surface area contributed by atoms with E-state index in [0.29, 0.717) is 18.0 Å². The number of rotatable bonds is 6. The number of benzene rings is 1. The fraction of sp³-hybridized carbons (Fsp3) is 0.400. The molecule has 1 unspecified atom stereocenters. The zero-order valence-electron chi connectivity index (χ0n) is 13.1. The highest BCUT2D eigenvalue weighted by molar-refractivity contribution is 7.92. The first-order valence-electron chi connectivity index (χ1n) is 7.48. The lowest BCUT2D eigenvalue weighted by Gasteiger charge is -2.09. The van der Waals surface area contributed by atoms with E-state index in [1.165, 1.54) is 31.5 Å². The molecule has 1 fully saturated rings. The molecule has 0 spiro atoms. The van der Waals surface area contributed by atoms with Crippen molar-refractivity contribution in [3.63, 3.8) is 0 Å². The van der Waals surface area contributed by atoms with Gasteiger partial charge >= 0.3 is 0 Å². The van der Waals surface area contributed by atoms with Crippen LogP contribution in [0.1, 0.15) is 12.8 Å². The van der Waals surface area contributed by atoms with Crippen LogP contribution in [0.4, 0.5) is 5.69 Å². The number of halogens is 1. The van der Waals surface area contributed by atoms with Crippen LogP contribution in [0, 0.1) is 0 Å². The van der Waals surface area contributed by atoms with Gasteiger partial charge in [-0.2, -0.15) is 5.10 Å². The lowest BCUT2D eigenvalue weighted by molar-refractivity contribution is 0.0940. The number of nitrogens with zero attached hydrogens (tertiary/aromatic N) is 2. The van der Waals surface area contributed by atoms with E-state index in [-0.39, 0.29) is 16.0 Å². The van der Waals surface area contributed by atoms with Gasteiger partial charge in [-0.1, -0.05) is 11.6 Å². The largest absolute Gasteiger partial charge is 0.495 e. The molecule has 24 heavy (non-hydrogen) atoms. The summed E-state index contributed by atoms with van der Waals surface area (Å²) in [6, 6.07) is 4.29. The summed E-state index contributed by atoms with van der Waals surface area (Å²) in [6.07, 6.45) is 5.28. The summed E-state index contributed by atoms with van der Waals surface area (Å²) >= 11 is 5.99. The number of nitrogens with one attached hydrogen (secondary N) is 1. The highest BCUT2D eigenvalue weighted by Gasteiger charge is 2.19. The number of sulfonamides is 1. The van der Waals surface area contributed by atoms with Crippen LogP contribution in [0.25, 0.3) is 0 Å². The van der Waals surface area contributed by atoms with Gasteiger partial charge in [-0.25, -0.2) is 8.42 Å². The minimum Gasteiger partial charge on any atom is -0.495 e. The number of aromatic nitrogens is 2. The van der Waals surface area contributed by atoms with E-state index in [4.69, 9.17) is 21.1 Å². The maximum Gasteiger partial charge on any atom is 0.262 e. The fourth-order valence-electron chi connectivity index (χ4n) is 2.54. The van der Waals surface area contributed by atoms with Gasteiger partial charge in [0.25, 0.3) is 10.0 Å². The molecule has 0 aliphatic carbocycles. The average Bonchev–Trinajstić information content (AvgIpc) is 3.19. The molecule has 130 valence electrons. The monoisotopic (exact) mass is 371 g/mol. The van der Waals surface area contributed by atoms with Crippen LogP contribution in [0.5, 0.6) is 5.75 Å². The van der Waals surface area contributed by atoms with Crippen molar-refractivity contribution < 1.29 is 17.9 Å². The Kier molecular flexibility index (Phi) is 4.98. The van der Waals surface area contributed by atoms with Gasteiger partial charge in [0.2, 0.25) is 0 Å². The molecule has 1 atom stereocenters. The lowest BCUT2D eigenvalue weighted by Crippen LogP contribution is -2.15. The Morgan fingerprint density at radius 2 is 2.33 bits per heavy atom. The van der Waals surface area contributed by atoms with E-state index in [1.54, 1.807) is 10.9 Å². The minimum absolute atomic E-state index is 0.0557. The van der Waals surface area contributed by atoms with Gasteiger partial charge in [-0.15, -0.1) is 0 Å². The third-order valence-corrected chi connectivity index (χ3v) is 5.41. The van der Waals surface area contributed by atoms with Crippen LogP contribution < -0.4 is 9.46 Å². The number of hydrogen-bond acceptors (Lipinski definition) is 5. The van der Waals surface area contributed by atoms with Crippen molar-refractivity contribution in [1.82, 2.24) is 9.78 Å². The van der Waals surface area contributed by atoms with E-state index >= 15 is 0 Å². The van der Waals surface area contributed by atoms with Crippen molar-refractivity contribution in [3.05, 3.63) is 35.6 Å². The normalized spacial score (nSPS) is 17.8. The standard InChI is InChI=1S/C15H18ClN3O4S/c1-22-15-5-4-13(7-14(15)16)24(20,21)18-11-8-17-19(9-11)10-12-3-2-6-23-12/h4-5,7-9,12,18H,2-3,6,10H2,1H3. The molecule has 2 heterocycles. The molecule has 1 saturated heterocycles. The molecule has 0 saturated carbocycles. The smallest absolute Gasteiger partial charge is 0.262 e. The van der Waals surface area contributed by atoms with Crippen LogP contribution >= 0.6 is 11.6 Å². The van der Waals surface area contributed by atoms with E-state index < -0.39 is 10.0 Å². The first-order valence-corrected chi connectivity index (χ1v) is 9.34. The van der Waals surface area contributed by atoms with Gasteiger partial charge < -0.3 is 9.47 Å². The highest BCUT2D eigenvalue weighted by atomic mass is 35.5. The van der Waals surface area contributed by atoms with Gasteiger partial charge in [-0.3, -0.25) is 9.40 Å². The van der Waals surface area contributed by atoms with Crippen molar-refractivity contribution in [2.75, 3.05) is 18.4 Å². The van der Waals surface area contributed by atoms with Gasteiger partial charge in [-0.05, 0) is 31.0 Å². The first-order chi connectivity index (χ1) is 11.5. The minimum atomic E-state index is -3.75. The maximum atomic E-state index is 12.4. The van der Waals surface area contributed by atoms with Crippen molar-refractivity contribution >= 4 is 27.3 Å². The predicted octanol–water partition coefficient (Wildman–Crippen LogP) is 2.52. The molecule has 1 aromatic heterocycles. The average molecular weight is 372 g/mol. The summed E-state index contributed by atoms with van der Waals surface area (Å²) < 4.78 is 39.6. The summed E-state index contributed by atoms with van der Waals surface area (Å²) in [6.45, 7) is 1.37. The summed E-state index contributed by atoms with van der Waals surface area (Å²) in [4.78, 5) is 0.0557. The van der Waals surface area contributed by atoms with Gasteiger partial charge in [0.05, 0.1) is 41.6 Å². The Hall–Kier alpha value is -1.77. The van der Waals surface area contributed by atoms with Crippen molar-refractivity contribution in [3.8, 4) is 5.75 Å². The van der Waals surface area contributed by atoms with Gasteiger partial charge in [0, 0.05) is 12.8 Å². The molecule has 7 nitrogen and oxygen atoms in total. The van der Waals surface area contributed by atoms with Crippen molar-refractivity contribution in [2.24, 2.45) is 0 Å². The molecule has 1 N–H and O–H groups in total.